The van der Waals surface area contributed by atoms with Gasteiger partial charge in [-0.1, -0.05) is 6.92 Å². The number of ether oxygens (including phenoxy) is 1. The summed E-state index contributed by atoms with van der Waals surface area (Å²) in [4.78, 5) is 14.2. The lowest BCUT2D eigenvalue weighted by molar-refractivity contribution is -0.142. The highest BCUT2D eigenvalue weighted by Gasteiger charge is 2.38. The zero-order chi connectivity index (χ0) is 14.6. The zero-order valence-electron chi connectivity index (χ0n) is 9.80. The molecule has 3 nitrogen and oxygen atoms in total. The van der Waals surface area contributed by atoms with Crippen LogP contribution in [0.3, 0.4) is 0 Å². The molecule has 1 heterocycles. The van der Waals surface area contributed by atoms with Crippen molar-refractivity contribution in [1.82, 2.24) is 4.98 Å². The number of alkyl halides is 5. The Balaban J connectivity index is 3.20. The Morgan fingerprint density at radius 1 is 1.37 bits per heavy atom. The fourth-order valence-electron chi connectivity index (χ4n) is 1.25. The van der Waals surface area contributed by atoms with E-state index in [9.17, 15) is 26.7 Å². The van der Waals surface area contributed by atoms with Crippen LogP contribution in [0.4, 0.5) is 22.0 Å². The van der Waals surface area contributed by atoms with E-state index in [2.05, 4.69) is 9.72 Å². The third-order valence-electron chi connectivity index (χ3n) is 2.07. The predicted molar refractivity (Wildman–Crippen MR) is 54.8 cm³/mol. The molecule has 1 rings (SSSR count). The first-order valence-corrected chi connectivity index (χ1v) is 5.30. The number of rotatable bonds is 4. The van der Waals surface area contributed by atoms with Gasteiger partial charge < -0.3 is 4.74 Å². The lowest BCUT2D eigenvalue weighted by atomic mass is 10.1. The van der Waals surface area contributed by atoms with Crippen molar-refractivity contribution >= 4 is 5.97 Å². The first kappa shape index (κ1) is 15.3. The van der Waals surface area contributed by atoms with Gasteiger partial charge in [0.05, 0.1) is 12.2 Å². The minimum absolute atomic E-state index is 0.0628. The molecule has 0 bridgehead atoms. The number of carbonyl (C=O) groups is 1. The van der Waals surface area contributed by atoms with Gasteiger partial charge in [-0.05, 0) is 18.6 Å². The monoisotopic (exact) mass is 283 g/mol. The van der Waals surface area contributed by atoms with Crippen molar-refractivity contribution in [3.8, 4) is 0 Å². The second kappa shape index (κ2) is 5.94. The molecular formula is C11H10F5NO2. The van der Waals surface area contributed by atoms with Gasteiger partial charge >= 0.3 is 12.1 Å². The van der Waals surface area contributed by atoms with Crippen LogP contribution < -0.4 is 0 Å². The fourth-order valence-corrected chi connectivity index (χ4v) is 1.25. The van der Waals surface area contributed by atoms with Crippen molar-refractivity contribution in [1.29, 1.82) is 0 Å². The van der Waals surface area contributed by atoms with Crippen LogP contribution in [-0.2, 0) is 10.9 Å². The summed E-state index contributed by atoms with van der Waals surface area (Å²) in [6.45, 7) is 1.60. The molecule has 0 aliphatic carbocycles. The van der Waals surface area contributed by atoms with Gasteiger partial charge in [-0.2, -0.15) is 13.2 Å². The predicted octanol–water partition coefficient (Wildman–Crippen LogP) is 3.60. The number of nitrogens with zero attached hydrogens (tertiary/aromatic N) is 1. The van der Waals surface area contributed by atoms with E-state index in [0.717, 1.165) is 0 Å². The minimum atomic E-state index is -5.01. The average molecular weight is 283 g/mol. The summed E-state index contributed by atoms with van der Waals surface area (Å²) in [5.41, 5.74) is -3.57. The molecule has 0 unspecified atom stereocenters. The maximum atomic E-state index is 12.7. The standard InChI is InChI=1S/C11H10F5NO2/c1-2-5-19-10(18)6-3-4-7(9(12)13)17-8(6)11(14,15)16/h3-4,9H,2,5H2,1H3. The van der Waals surface area contributed by atoms with Gasteiger partial charge in [-0.3, -0.25) is 0 Å². The third-order valence-corrected chi connectivity index (χ3v) is 2.07. The summed E-state index contributed by atoms with van der Waals surface area (Å²) in [6, 6.07) is 1.32. The second-order valence-electron chi connectivity index (χ2n) is 3.57. The number of aromatic nitrogens is 1. The van der Waals surface area contributed by atoms with Gasteiger partial charge in [-0.15, -0.1) is 0 Å². The Labute approximate surface area is 105 Å². The molecule has 0 aliphatic heterocycles. The van der Waals surface area contributed by atoms with Crippen molar-refractivity contribution in [3.63, 3.8) is 0 Å². The van der Waals surface area contributed by atoms with E-state index >= 15 is 0 Å². The van der Waals surface area contributed by atoms with Gasteiger partial charge in [0, 0.05) is 0 Å². The zero-order valence-corrected chi connectivity index (χ0v) is 9.80. The first-order valence-electron chi connectivity index (χ1n) is 5.30. The molecule has 106 valence electrons. The van der Waals surface area contributed by atoms with E-state index in [1.54, 1.807) is 6.92 Å². The Bertz CT molecular complexity index is 459. The number of halogens is 5. The Morgan fingerprint density at radius 2 is 2.00 bits per heavy atom. The fraction of sp³-hybridized carbons (Fsp3) is 0.455. The Kier molecular flexibility index (Phi) is 4.79. The smallest absolute Gasteiger partial charge is 0.434 e. The van der Waals surface area contributed by atoms with E-state index < -0.39 is 35.5 Å². The number of hydrogen-bond donors (Lipinski definition) is 0. The van der Waals surface area contributed by atoms with Crippen LogP contribution in [0.1, 0.15) is 41.5 Å². The maximum absolute atomic E-state index is 12.7. The Hall–Kier alpha value is -1.73. The normalized spacial score (nSPS) is 11.7. The SMILES string of the molecule is CCCOC(=O)c1ccc(C(F)F)nc1C(F)(F)F. The highest BCUT2D eigenvalue weighted by Crippen LogP contribution is 2.32. The third kappa shape index (κ3) is 3.87. The van der Waals surface area contributed by atoms with Gasteiger partial charge in [0.15, 0.2) is 5.69 Å². The first-order chi connectivity index (χ1) is 8.77. The topological polar surface area (TPSA) is 39.2 Å². The molecular weight excluding hydrogens is 273 g/mol. The average Bonchev–Trinajstić information content (AvgIpc) is 2.34. The molecule has 0 saturated heterocycles. The van der Waals surface area contributed by atoms with Gasteiger partial charge in [0.2, 0.25) is 0 Å². The molecule has 19 heavy (non-hydrogen) atoms. The van der Waals surface area contributed by atoms with E-state index in [0.29, 0.717) is 18.6 Å². The number of hydrogen-bond acceptors (Lipinski definition) is 3. The van der Waals surface area contributed by atoms with E-state index in [1.807, 2.05) is 0 Å². The van der Waals surface area contributed by atoms with Crippen LogP contribution in [0.2, 0.25) is 0 Å². The molecule has 1 aromatic heterocycles. The quantitative estimate of drug-likeness (QED) is 0.626. The summed E-state index contributed by atoms with van der Waals surface area (Å²) in [5, 5.41) is 0. The van der Waals surface area contributed by atoms with E-state index in [-0.39, 0.29) is 6.61 Å². The van der Waals surface area contributed by atoms with Crippen molar-refractivity contribution in [2.45, 2.75) is 25.9 Å². The molecule has 0 radical (unpaired) electrons. The summed E-state index contributed by atoms with van der Waals surface area (Å²) in [5.74, 6) is -1.23. The molecule has 0 amide bonds. The molecule has 0 saturated carbocycles. The molecule has 8 heteroatoms. The largest absolute Gasteiger partial charge is 0.462 e. The molecule has 0 aliphatic rings. The number of esters is 1. The lowest BCUT2D eigenvalue weighted by Crippen LogP contribution is -2.18. The van der Waals surface area contributed by atoms with Gasteiger partial charge in [-0.25, -0.2) is 18.6 Å². The van der Waals surface area contributed by atoms with Crippen LogP contribution >= 0.6 is 0 Å². The van der Waals surface area contributed by atoms with Crippen LogP contribution in [0, 0.1) is 0 Å². The molecule has 0 aromatic carbocycles. The second-order valence-corrected chi connectivity index (χ2v) is 3.57. The van der Waals surface area contributed by atoms with Crippen molar-refractivity contribution < 1.29 is 31.5 Å². The molecule has 1 aromatic rings. The van der Waals surface area contributed by atoms with Crippen LogP contribution in [0.15, 0.2) is 12.1 Å². The Morgan fingerprint density at radius 3 is 2.47 bits per heavy atom. The van der Waals surface area contributed by atoms with Crippen LogP contribution in [-0.4, -0.2) is 17.6 Å². The minimum Gasteiger partial charge on any atom is -0.462 e. The molecule has 0 fully saturated rings. The molecule has 0 atom stereocenters. The molecule has 0 N–H and O–H groups in total. The summed E-state index contributed by atoms with van der Waals surface area (Å²) in [6.07, 6.45) is -7.73. The maximum Gasteiger partial charge on any atom is 0.434 e. The van der Waals surface area contributed by atoms with Crippen molar-refractivity contribution in [2.24, 2.45) is 0 Å². The highest BCUT2D eigenvalue weighted by atomic mass is 19.4. The van der Waals surface area contributed by atoms with Crippen molar-refractivity contribution in [2.75, 3.05) is 6.61 Å². The van der Waals surface area contributed by atoms with Crippen molar-refractivity contribution in [3.05, 3.63) is 29.1 Å². The van der Waals surface area contributed by atoms with E-state index in [4.69, 9.17) is 0 Å². The number of carbonyl (C=O) groups excluding carboxylic acids is 1. The van der Waals surface area contributed by atoms with Gasteiger partial charge in [0.25, 0.3) is 6.43 Å². The van der Waals surface area contributed by atoms with Crippen LogP contribution in [0.5, 0.6) is 0 Å². The van der Waals surface area contributed by atoms with Crippen LogP contribution in [0.25, 0.3) is 0 Å². The molecule has 0 spiro atoms. The number of pyridine rings is 1. The van der Waals surface area contributed by atoms with Gasteiger partial charge in [0.1, 0.15) is 5.69 Å². The highest BCUT2D eigenvalue weighted by molar-refractivity contribution is 5.90. The van der Waals surface area contributed by atoms with E-state index in [1.165, 1.54) is 0 Å². The summed E-state index contributed by atoms with van der Waals surface area (Å²) in [7, 11) is 0. The summed E-state index contributed by atoms with van der Waals surface area (Å²) >= 11 is 0. The lowest BCUT2D eigenvalue weighted by Gasteiger charge is -2.12. The summed E-state index contributed by atoms with van der Waals surface area (Å²) < 4.78 is 67.2.